The summed E-state index contributed by atoms with van der Waals surface area (Å²) in [5.41, 5.74) is 0.172. The highest BCUT2D eigenvalue weighted by Gasteiger charge is 2.36. The van der Waals surface area contributed by atoms with Gasteiger partial charge in [0, 0.05) is 31.7 Å². The Morgan fingerprint density at radius 1 is 1.08 bits per heavy atom. The molecule has 1 aliphatic carbocycles. The van der Waals surface area contributed by atoms with Crippen LogP contribution in [0, 0.1) is 30.4 Å². The quantitative estimate of drug-likeness (QED) is 0.383. The van der Waals surface area contributed by atoms with Gasteiger partial charge < -0.3 is 15.5 Å². The number of urea groups is 1. The molecule has 2 aliphatic rings. The number of amides is 2. The molecule has 2 amide bonds. The normalized spacial score (nSPS) is 17.7. The highest BCUT2D eigenvalue weighted by molar-refractivity contribution is 5.91. The average molecular weight is 536 g/mol. The highest BCUT2D eigenvalue weighted by atomic mass is 19.4. The number of fused-ring (bicyclic) bond motifs is 1. The smallest absolute Gasteiger partial charge is 0.353 e. The molecule has 1 aliphatic heterocycles. The molecule has 0 spiro atoms. The Hall–Kier alpha value is -3.70. The summed E-state index contributed by atoms with van der Waals surface area (Å²) in [6.07, 6.45) is -1.65. The Morgan fingerprint density at radius 2 is 1.84 bits per heavy atom. The van der Waals surface area contributed by atoms with E-state index in [0.29, 0.717) is 18.0 Å². The van der Waals surface area contributed by atoms with Gasteiger partial charge in [0.05, 0.1) is 23.2 Å². The zero-order valence-electron chi connectivity index (χ0n) is 20.5. The molecule has 2 N–H and O–H groups in total. The number of anilines is 3. The van der Waals surface area contributed by atoms with E-state index in [0.717, 1.165) is 18.9 Å². The number of carbonyl (C=O) groups excluding carboxylic acids is 1. The molecule has 5 rings (SSSR count). The second kappa shape index (κ2) is 9.88. The molecule has 1 saturated carbocycles. The van der Waals surface area contributed by atoms with E-state index in [-0.39, 0.29) is 47.5 Å². The zero-order valence-corrected chi connectivity index (χ0v) is 20.5. The first-order chi connectivity index (χ1) is 18.0. The number of nitrogens with zero attached hydrogens (tertiary/aromatic N) is 3. The van der Waals surface area contributed by atoms with Crippen LogP contribution in [-0.4, -0.2) is 39.7 Å². The minimum absolute atomic E-state index is 0.0258. The second-order valence-electron chi connectivity index (χ2n) is 10.1. The Kier molecular flexibility index (Phi) is 6.74. The molecular weight excluding hydrogens is 509 g/mol. The number of benzene rings is 2. The second-order valence-corrected chi connectivity index (χ2v) is 10.1. The van der Waals surface area contributed by atoms with E-state index in [1.165, 1.54) is 34.0 Å². The van der Waals surface area contributed by atoms with Crippen LogP contribution in [-0.2, 0) is 6.54 Å². The molecule has 1 saturated heterocycles. The van der Waals surface area contributed by atoms with Crippen molar-refractivity contribution in [2.75, 3.05) is 23.7 Å². The van der Waals surface area contributed by atoms with Crippen molar-refractivity contribution in [2.45, 2.75) is 45.3 Å². The van der Waals surface area contributed by atoms with Gasteiger partial charge in [-0.05, 0) is 67.9 Å². The Bertz CT molecular complexity index is 1450. The minimum atomic E-state index is -4.32. The fourth-order valence-electron chi connectivity index (χ4n) is 4.76. The third kappa shape index (κ3) is 5.58. The molecule has 2 aromatic carbocycles. The lowest BCUT2D eigenvalue weighted by Gasteiger charge is -2.19. The summed E-state index contributed by atoms with van der Waals surface area (Å²) in [7, 11) is 0. The van der Waals surface area contributed by atoms with Crippen molar-refractivity contribution < 1.29 is 26.7 Å². The number of carbonyl (C=O) groups is 1. The van der Waals surface area contributed by atoms with Crippen molar-refractivity contribution in [1.29, 1.82) is 0 Å². The van der Waals surface area contributed by atoms with Gasteiger partial charge in [-0.3, -0.25) is 9.36 Å². The fourth-order valence-corrected chi connectivity index (χ4v) is 4.76. The van der Waals surface area contributed by atoms with E-state index in [4.69, 9.17) is 0 Å². The number of alkyl halides is 3. The number of rotatable bonds is 6. The van der Waals surface area contributed by atoms with Crippen LogP contribution in [0.5, 0.6) is 0 Å². The lowest BCUT2D eigenvalue weighted by molar-refractivity contribution is -0.143. The summed E-state index contributed by atoms with van der Waals surface area (Å²) in [5.74, 6) is -1.87. The van der Waals surface area contributed by atoms with Gasteiger partial charge in [0.15, 0.2) is 5.82 Å². The molecule has 7 nitrogen and oxygen atoms in total. The molecule has 3 aromatic rings. The average Bonchev–Trinajstić information content (AvgIpc) is 3.54. The molecule has 12 heteroatoms. The SMILES string of the molecule is Cc1cc(F)c(NC(=O)N2CCC(CC(F)(F)F)C2)cc1Nc1ccc2ncn(CC3CC3)c(=O)c2c1F. The first kappa shape index (κ1) is 25.9. The lowest BCUT2D eigenvalue weighted by atomic mass is 10.1. The molecule has 1 unspecified atom stereocenters. The number of aromatic nitrogens is 2. The summed E-state index contributed by atoms with van der Waals surface area (Å²) < 4.78 is 69.6. The van der Waals surface area contributed by atoms with E-state index < -0.39 is 41.7 Å². The Balaban J connectivity index is 1.36. The van der Waals surface area contributed by atoms with Gasteiger partial charge in [0.25, 0.3) is 5.56 Å². The molecule has 0 radical (unpaired) electrons. The summed E-state index contributed by atoms with van der Waals surface area (Å²) in [4.78, 5) is 31.0. The van der Waals surface area contributed by atoms with Crippen molar-refractivity contribution in [1.82, 2.24) is 14.5 Å². The van der Waals surface area contributed by atoms with Crippen LogP contribution in [0.25, 0.3) is 10.9 Å². The Labute approximate surface area is 214 Å². The van der Waals surface area contributed by atoms with Gasteiger partial charge >= 0.3 is 12.2 Å². The number of aryl methyl sites for hydroxylation is 1. The molecule has 38 heavy (non-hydrogen) atoms. The van der Waals surface area contributed by atoms with Crippen LogP contribution in [0.15, 0.2) is 35.4 Å². The maximum atomic E-state index is 15.5. The molecule has 202 valence electrons. The third-order valence-electron chi connectivity index (χ3n) is 7.00. The van der Waals surface area contributed by atoms with Gasteiger partial charge in [-0.2, -0.15) is 13.2 Å². The van der Waals surface area contributed by atoms with Gasteiger partial charge in [0.2, 0.25) is 0 Å². The van der Waals surface area contributed by atoms with Gasteiger partial charge in [0.1, 0.15) is 11.2 Å². The lowest BCUT2D eigenvalue weighted by Crippen LogP contribution is -2.33. The minimum Gasteiger partial charge on any atom is -0.353 e. The maximum Gasteiger partial charge on any atom is 0.389 e. The largest absolute Gasteiger partial charge is 0.389 e. The summed E-state index contributed by atoms with van der Waals surface area (Å²) in [6, 6.07) is 4.64. The zero-order chi connectivity index (χ0) is 27.2. The van der Waals surface area contributed by atoms with Gasteiger partial charge in [-0.15, -0.1) is 0 Å². The number of nitrogens with one attached hydrogen (secondary N) is 2. The van der Waals surface area contributed by atoms with Crippen molar-refractivity contribution in [3.8, 4) is 0 Å². The molecule has 0 bridgehead atoms. The molecule has 2 heterocycles. The summed E-state index contributed by atoms with van der Waals surface area (Å²) in [6.45, 7) is 2.10. The maximum absolute atomic E-state index is 15.5. The molecular formula is C26H26F5N5O2. The van der Waals surface area contributed by atoms with Crippen LogP contribution in [0.2, 0.25) is 0 Å². The van der Waals surface area contributed by atoms with E-state index in [1.54, 1.807) is 6.92 Å². The van der Waals surface area contributed by atoms with Crippen LogP contribution in [0.1, 0.15) is 31.2 Å². The van der Waals surface area contributed by atoms with Crippen molar-refractivity contribution in [2.24, 2.45) is 11.8 Å². The topological polar surface area (TPSA) is 79.3 Å². The van der Waals surface area contributed by atoms with Crippen LogP contribution < -0.4 is 16.2 Å². The predicted octanol–water partition coefficient (Wildman–Crippen LogP) is 5.94. The number of halogens is 5. The monoisotopic (exact) mass is 535 g/mol. The number of hydrogen-bond acceptors (Lipinski definition) is 4. The van der Waals surface area contributed by atoms with Crippen LogP contribution in [0.3, 0.4) is 0 Å². The van der Waals surface area contributed by atoms with E-state index >= 15 is 4.39 Å². The molecule has 2 fully saturated rings. The van der Waals surface area contributed by atoms with Gasteiger partial charge in [-0.25, -0.2) is 18.6 Å². The summed E-state index contributed by atoms with van der Waals surface area (Å²) in [5, 5.41) is 5.12. The Morgan fingerprint density at radius 3 is 2.55 bits per heavy atom. The van der Waals surface area contributed by atoms with Gasteiger partial charge in [-0.1, -0.05) is 0 Å². The number of hydrogen-bond donors (Lipinski definition) is 2. The first-order valence-corrected chi connectivity index (χ1v) is 12.4. The molecule has 1 atom stereocenters. The predicted molar refractivity (Wildman–Crippen MR) is 132 cm³/mol. The van der Waals surface area contributed by atoms with Crippen molar-refractivity contribution in [3.63, 3.8) is 0 Å². The van der Waals surface area contributed by atoms with E-state index in [2.05, 4.69) is 15.6 Å². The number of likely N-dealkylation sites (tertiary alicyclic amines) is 1. The first-order valence-electron chi connectivity index (χ1n) is 12.4. The highest BCUT2D eigenvalue weighted by Crippen LogP contribution is 2.33. The fraction of sp³-hybridized carbons (Fsp3) is 0.423. The molecule has 1 aromatic heterocycles. The van der Waals surface area contributed by atoms with E-state index in [9.17, 15) is 27.2 Å². The third-order valence-corrected chi connectivity index (χ3v) is 7.00. The van der Waals surface area contributed by atoms with Crippen LogP contribution in [0.4, 0.5) is 43.8 Å². The summed E-state index contributed by atoms with van der Waals surface area (Å²) >= 11 is 0. The van der Waals surface area contributed by atoms with Crippen molar-refractivity contribution >= 4 is 34.0 Å². The standard InChI is InChI=1S/C26H26F5N5O2/c1-14-8-17(27)21(34-25(38)35-7-6-16(12-35)10-26(29,30)31)9-20(14)33-19-5-4-18-22(23(19)28)24(37)36(13-32-18)11-15-2-3-15/h4-5,8-9,13,15-16,33H,2-3,6-7,10-12H2,1H3,(H,34,38). The van der Waals surface area contributed by atoms with E-state index in [1.807, 2.05) is 0 Å². The van der Waals surface area contributed by atoms with Crippen LogP contribution >= 0.6 is 0 Å². The van der Waals surface area contributed by atoms with Crippen molar-refractivity contribution in [3.05, 3.63) is 58.1 Å².